The molecule has 0 amide bonds. The maximum absolute atomic E-state index is 12.6. The van der Waals surface area contributed by atoms with Crippen molar-refractivity contribution in [3.63, 3.8) is 0 Å². The molecule has 30 heavy (non-hydrogen) atoms. The van der Waals surface area contributed by atoms with E-state index < -0.39 is 5.97 Å². The van der Waals surface area contributed by atoms with Crippen molar-refractivity contribution in [2.45, 2.75) is 19.4 Å². The summed E-state index contributed by atoms with van der Waals surface area (Å²) in [6.07, 6.45) is 3.85. The van der Waals surface area contributed by atoms with Gasteiger partial charge in [0.05, 0.1) is 19.8 Å². The van der Waals surface area contributed by atoms with Crippen LogP contribution in [0.2, 0.25) is 0 Å². The zero-order valence-corrected chi connectivity index (χ0v) is 16.8. The summed E-state index contributed by atoms with van der Waals surface area (Å²) in [7, 11) is 3.12. The third kappa shape index (κ3) is 4.05. The van der Waals surface area contributed by atoms with E-state index in [9.17, 15) is 4.79 Å². The second-order valence-electron chi connectivity index (χ2n) is 6.72. The zero-order valence-electron chi connectivity index (χ0n) is 16.8. The van der Waals surface area contributed by atoms with Gasteiger partial charge in [0.15, 0.2) is 6.61 Å². The number of pyridine rings is 1. The Morgan fingerprint density at radius 1 is 1.17 bits per heavy atom. The van der Waals surface area contributed by atoms with Crippen LogP contribution in [0.4, 0.5) is 5.82 Å². The fourth-order valence-corrected chi connectivity index (χ4v) is 3.35. The van der Waals surface area contributed by atoms with Gasteiger partial charge in [-0.15, -0.1) is 0 Å². The summed E-state index contributed by atoms with van der Waals surface area (Å²) in [6, 6.07) is 8.71. The molecule has 0 aliphatic carbocycles. The molecule has 0 saturated carbocycles. The number of ether oxygens (including phenoxy) is 3. The Morgan fingerprint density at radius 3 is 2.77 bits per heavy atom. The second kappa shape index (κ2) is 8.81. The highest BCUT2D eigenvalue weighted by atomic mass is 16.6. The van der Waals surface area contributed by atoms with Gasteiger partial charge >= 0.3 is 5.97 Å². The Kier molecular flexibility index (Phi) is 5.78. The molecule has 3 heterocycles. The summed E-state index contributed by atoms with van der Waals surface area (Å²) in [5, 5.41) is 3.96. The third-order valence-corrected chi connectivity index (χ3v) is 4.86. The predicted octanol–water partition coefficient (Wildman–Crippen LogP) is 3.11. The Labute approximate surface area is 173 Å². The minimum Gasteiger partial charge on any atom is -0.497 e. The van der Waals surface area contributed by atoms with Crippen LogP contribution in [0, 0.1) is 0 Å². The summed E-state index contributed by atoms with van der Waals surface area (Å²) >= 11 is 0. The maximum atomic E-state index is 12.6. The van der Waals surface area contributed by atoms with Gasteiger partial charge in [-0.05, 0) is 37.1 Å². The topological polar surface area (TPSA) is 99.8 Å². The van der Waals surface area contributed by atoms with Crippen molar-refractivity contribution < 1.29 is 23.5 Å². The standard InChI is InChI=1S/C21H22N4O5/c1-27-14-7-8-15(17(12-14)28-2)19-23-18(30-24-19)13-29-21(26)16-6-5-9-22-20(16)25-10-3-4-11-25/h5-9,12H,3-4,10-11,13H2,1-2H3. The number of hydrogen-bond acceptors (Lipinski definition) is 9. The lowest BCUT2D eigenvalue weighted by Gasteiger charge is -2.18. The van der Waals surface area contributed by atoms with Crippen molar-refractivity contribution in [1.29, 1.82) is 0 Å². The van der Waals surface area contributed by atoms with E-state index in [0.29, 0.717) is 34.3 Å². The van der Waals surface area contributed by atoms with Crippen molar-refractivity contribution >= 4 is 11.8 Å². The fraction of sp³-hybridized carbons (Fsp3) is 0.333. The minimum atomic E-state index is -0.480. The summed E-state index contributed by atoms with van der Waals surface area (Å²) in [5.74, 6) is 1.88. The number of benzene rings is 1. The molecule has 0 atom stereocenters. The first-order valence-electron chi connectivity index (χ1n) is 9.61. The van der Waals surface area contributed by atoms with Gasteiger partial charge in [-0.1, -0.05) is 5.16 Å². The average molecular weight is 410 g/mol. The molecule has 156 valence electrons. The average Bonchev–Trinajstić information content (AvgIpc) is 3.49. The van der Waals surface area contributed by atoms with Crippen molar-refractivity contribution in [3.8, 4) is 22.9 Å². The van der Waals surface area contributed by atoms with E-state index >= 15 is 0 Å². The fourth-order valence-electron chi connectivity index (χ4n) is 3.35. The van der Waals surface area contributed by atoms with Crippen LogP contribution in [-0.4, -0.2) is 48.4 Å². The summed E-state index contributed by atoms with van der Waals surface area (Å²) in [4.78, 5) is 23.4. The van der Waals surface area contributed by atoms with E-state index in [1.54, 1.807) is 50.7 Å². The smallest absolute Gasteiger partial charge is 0.342 e. The van der Waals surface area contributed by atoms with Crippen LogP contribution < -0.4 is 14.4 Å². The van der Waals surface area contributed by atoms with Crippen LogP contribution in [0.25, 0.3) is 11.4 Å². The molecule has 1 aliphatic heterocycles. The summed E-state index contributed by atoms with van der Waals surface area (Å²) < 4.78 is 21.2. The molecule has 0 bridgehead atoms. The van der Waals surface area contributed by atoms with Gasteiger partial charge in [-0.2, -0.15) is 4.98 Å². The number of esters is 1. The SMILES string of the molecule is COc1ccc(-c2noc(COC(=O)c3cccnc3N3CCCC3)n2)c(OC)c1. The molecule has 1 fully saturated rings. The number of anilines is 1. The Bertz CT molecular complexity index is 1030. The Morgan fingerprint density at radius 2 is 2.00 bits per heavy atom. The highest BCUT2D eigenvalue weighted by molar-refractivity contribution is 5.94. The van der Waals surface area contributed by atoms with E-state index in [2.05, 4.69) is 20.0 Å². The number of aromatic nitrogens is 3. The number of hydrogen-bond donors (Lipinski definition) is 0. The molecule has 0 spiro atoms. The lowest BCUT2D eigenvalue weighted by molar-refractivity contribution is 0.0430. The van der Waals surface area contributed by atoms with Gasteiger partial charge in [0, 0.05) is 25.4 Å². The number of carbonyl (C=O) groups is 1. The van der Waals surface area contributed by atoms with E-state index in [1.807, 2.05) is 0 Å². The van der Waals surface area contributed by atoms with Crippen molar-refractivity contribution in [2.75, 3.05) is 32.2 Å². The largest absolute Gasteiger partial charge is 0.497 e. The number of rotatable bonds is 7. The maximum Gasteiger partial charge on any atom is 0.342 e. The van der Waals surface area contributed by atoms with Crippen molar-refractivity contribution in [2.24, 2.45) is 0 Å². The monoisotopic (exact) mass is 410 g/mol. The number of methoxy groups -OCH3 is 2. The van der Waals surface area contributed by atoms with Crippen LogP contribution in [0.1, 0.15) is 29.1 Å². The normalized spacial score (nSPS) is 13.3. The highest BCUT2D eigenvalue weighted by Gasteiger charge is 2.22. The molecular formula is C21H22N4O5. The predicted molar refractivity (Wildman–Crippen MR) is 108 cm³/mol. The molecule has 1 aliphatic rings. The molecule has 2 aromatic heterocycles. The quantitative estimate of drug-likeness (QED) is 0.544. The Balaban J connectivity index is 1.46. The van der Waals surface area contributed by atoms with Crippen molar-refractivity contribution in [1.82, 2.24) is 15.1 Å². The molecule has 0 unspecified atom stereocenters. The van der Waals surface area contributed by atoms with Crippen LogP contribution in [0.3, 0.4) is 0 Å². The van der Waals surface area contributed by atoms with Gasteiger partial charge in [-0.25, -0.2) is 9.78 Å². The number of nitrogens with zero attached hydrogens (tertiary/aromatic N) is 4. The molecule has 1 saturated heterocycles. The molecule has 0 N–H and O–H groups in total. The van der Waals surface area contributed by atoms with Gasteiger partial charge in [0.1, 0.15) is 22.9 Å². The van der Waals surface area contributed by atoms with Gasteiger partial charge in [-0.3, -0.25) is 0 Å². The van der Waals surface area contributed by atoms with Crippen LogP contribution in [-0.2, 0) is 11.3 Å². The zero-order chi connectivity index (χ0) is 20.9. The summed E-state index contributed by atoms with van der Waals surface area (Å²) in [6.45, 7) is 1.63. The molecule has 4 rings (SSSR count). The first-order valence-corrected chi connectivity index (χ1v) is 9.61. The third-order valence-electron chi connectivity index (χ3n) is 4.86. The lowest BCUT2D eigenvalue weighted by Crippen LogP contribution is -2.22. The number of carbonyl (C=O) groups excluding carboxylic acids is 1. The molecular weight excluding hydrogens is 388 g/mol. The first-order chi connectivity index (χ1) is 14.7. The lowest BCUT2D eigenvalue weighted by atomic mass is 10.2. The molecule has 9 heteroatoms. The van der Waals surface area contributed by atoms with Gasteiger partial charge < -0.3 is 23.6 Å². The highest BCUT2D eigenvalue weighted by Crippen LogP contribution is 2.31. The van der Waals surface area contributed by atoms with E-state index in [4.69, 9.17) is 18.7 Å². The Hall–Kier alpha value is -3.62. The van der Waals surface area contributed by atoms with Crippen LogP contribution in [0.15, 0.2) is 41.1 Å². The van der Waals surface area contributed by atoms with E-state index in [1.165, 1.54) is 0 Å². The van der Waals surface area contributed by atoms with Crippen molar-refractivity contribution in [3.05, 3.63) is 48.0 Å². The van der Waals surface area contributed by atoms with Crippen LogP contribution >= 0.6 is 0 Å². The summed E-state index contributed by atoms with van der Waals surface area (Å²) in [5.41, 5.74) is 1.07. The van der Waals surface area contributed by atoms with E-state index in [-0.39, 0.29) is 12.5 Å². The molecule has 0 radical (unpaired) electrons. The molecule has 3 aromatic rings. The second-order valence-corrected chi connectivity index (χ2v) is 6.72. The molecule has 9 nitrogen and oxygen atoms in total. The van der Waals surface area contributed by atoms with Crippen LogP contribution in [0.5, 0.6) is 11.5 Å². The molecule has 1 aromatic carbocycles. The minimum absolute atomic E-state index is 0.140. The van der Waals surface area contributed by atoms with Gasteiger partial charge in [0.25, 0.3) is 5.89 Å². The van der Waals surface area contributed by atoms with E-state index in [0.717, 1.165) is 25.9 Å². The van der Waals surface area contributed by atoms with Gasteiger partial charge in [0.2, 0.25) is 5.82 Å². The first kappa shape index (κ1) is 19.7.